The molecule has 3 N–H and O–H groups in total. The molecule has 1 amide bonds. The van der Waals surface area contributed by atoms with E-state index in [0.29, 0.717) is 5.75 Å². The van der Waals surface area contributed by atoms with Crippen molar-refractivity contribution in [3.8, 4) is 5.75 Å². The minimum atomic E-state index is -1.21. The molecule has 9 heteroatoms. The Bertz CT molecular complexity index is 857. The number of aromatic carboxylic acids is 1. The molecule has 2 aromatic carbocycles. The molecule has 2 rings (SSSR count). The van der Waals surface area contributed by atoms with Crippen LogP contribution in [0.3, 0.4) is 0 Å². The van der Waals surface area contributed by atoms with Gasteiger partial charge in [-0.1, -0.05) is 40.9 Å². The number of carboxylic acid groups (broad SMARTS) is 1. The van der Waals surface area contributed by atoms with Crippen LogP contribution in [0.4, 0.5) is 5.69 Å². The van der Waals surface area contributed by atoms with Crippen LogP contribution in [-0.4, -0.2) is 28.7 Å². The number of aryl methyl sites for hydroxylation is 1. The summed E-state index contributed by atoms with van der Waals surface area (Å²) >= 11 is 16.8. The van der Waals surface area contributed by atoms with Gasteiger partial charge in [-0.05, 0) is 43.4 Å². The fourth-order valence-corrected chi connectivity index (χ4v) is 2.64. The molecule has 0 saturated carbocycles. The summed E-state index contributed by atoms with van der Waals surface area (Å²) in [4.78, 5) is 23.0. The second-order valence-corrected chi connectivity index (χ2v) is 6.44. The number of hydrogen-bond donors (Lipinski definition) is 3. The van der Waals surface area contributed by atoms with E-state index >= 15 is 0 Å². The maximum Gasteiger partial charge on any atom is 0.337 e. The summed E-state index contributed by atoms with van der Waals surface area (Å²) < 4.78 is 5.34. The van der Waals surface area contributed by atoms with Gasteiger partial charge in [0.05, 0.1) is 21.3 Å². The summed E-state index contributed by atoms with van der Waals surface area (Å²) in [6.07, 6.45) is 0. The zero-order valence-corrected chi connectivity index (χ0v) is 15.8. The highest BCUT2D eigenvalue weighted by molar-refractivity contribution is 7.80. The van der Waals surface area contributed by atoms with Crippen LogP contribution >= 0.6 is 35.4 Å². The molecule has 0 aliphatic rings. The van der Waals surface area contributed by atoms with Crippen LogP contribution in [0.1, 0.15) is 15.9 Å². The summed E-state index contributed by atoms with van der Waals surface area (Å²) in [5.74, 6) is -1.14. The summed E-state index contributed by atoms with van der Waals surface area (Å²) in [6.45, 7) is 1.71. The summed E-state index contributed by atoms with van der Waals surface area (Å²) in [5.41, 5.74) is 1.14. The number of nitrogens with one attached hydrogen (secondary N) is 2. The van der Waals surface area contributed by atoms with Gasteiger partial charge in [0, 0.05) is 0 Å². The molecule has 0 unspecified atom stereocenters. The van der Waals surface area contributed by atoms with Gasteiger partial charge >= 0.3 is 5.97 Å². The molecular formula is C17H14Cl2N2O4S. The van der Waals surface area contributed by atoms with Gasteiger partial charge in [0.1, 0.15) is 5.75 Å². The van der Waals surface area contributed by atoms with Gasteiger partial charge in [-0.2, -0.15) is 0 Å². The monoisotopic (exact) mass is 412 g/mol. The third-order valence-electron chi connectivity index (χ3n) is 3.18. The van der Waals surface area contributed by atoms with E-state index < -0.39 is 11.9 Å². The highest BCUT2D eigenvalue weighted by Crippen LogP contribution is 2.29. The third-order valence-corrected chi connectivity index (χ3v) is 4.01. The maximum absolute atomic E-state index is 11.9. The van der Waals surface area contributed by atoms with Gasteiger partial charge in [-0.25, -0.2) is 4.79 Å². The second-order valence-electron chi connectivity index (χ2n) is 5.22. The number of carboxylic acids is 1. The van der Waals surface area contributed by atoms with Crippen LogP contribution in [0.25, 0.3) is 0 Å². The number of hydrogen-bond acceptors (Lipinski definition) is 4. The lowest BCUT2D eigenvalue weighted by molar-refractivity contribution is -0.121. The van der Waals surface area contributed by atoms with Crippen molar-refractivity contribution >= 4 is 58.1 Å². The zero-order chi connectivity index (χ0) is 19.3. The van der Waals surface area contributed by atoms with Crippen molar-refractivity contribution in [3.63, 3.8) is 0 Å². The first kappa shape index (κ1) is 20.0. The molecule has 0 heterocycles. The average Bonchev–Trinajstić information content (AvgIpc) is 2.56. The lowest BCUT2D eigenvalue weighted by Gasteiger charge is -2.13. The molecule has 0 aliphatic carbocycles. The molecule has 0 fully saturated rings. The lowest BCUT2D eigenvalue weighted by Crippen LogP contribution is -2.37. The van der Waals surface area contributed by atoms with Gasteiger partial charge < -0.3 is 15.2 Å². The highest BCUT2D eigenvalue weighted by atomic mass is 35.5. The molecule has 0 radical (unpaired) electrons. The SMILES string of the molecule is Cc1ccc(OCC(=O)NC(=S)Nc2cc(C(=O)O)c(Cl)cc2Cl)cc1. The van der Waals surface area contributed by atoms with Crippen molar-refractivity contribution in [2.24, 2.45) is 0 Å². The molecule has 0 saturated heterocycles. The Morgan fingerprint density at radius 3 is 2.42 bits per heavy atom. The number of halogens is 2. The standard InChI is InChI=1S/C17H14Cl2N2O4S/c1-9-2-4-10(5-3-9)25-8-15(22)21-17(26)20-14-6-11(16(23)24)12(18)7-13(14)19/h2-7H,8H2,1H3,(H,23,24)(H2,20,21,22,26). The quantitative estimate of drug-likeness (QED) is 0.645. The first-order valence-corrected chi connectivity index (χ1v) is 8.45. The van der Waals surface area contributed by atoms with E-state index in [9.17, 15) is 9.59 Å². The van der Waals surface area contributed by atoms with Gasteiger partial charge in [0.25, 0.3) is 5.91 Å². The van der Waals surface area contributed by atoms with Crippen molar-refractivity contribution < 1.29 is 19.4 Å². The first-order valence-electron chi connectivity index (χ1n) is 7.29. The molecule has 0 spiro atoms. The van der Waals surface area contributed by atoms with Crippen molar-refractivity contribution in [1.29, 1.82) is 0 Å². The van der Waals surface area contributed by atoms with Crippen LogP contribution < -0.4 is 15.4 Å². The summed E-state index contributed by atoms with van der Waals surface area (Å²) in [7, 11) is 0. The topological polar surface area (TPSA) is 87.7 Å². The van der Waals surface area contributed by atoms with Crippen LogP contribution in [0.15, 0.2) is 36.4 Å². The number of ether oxygens (including phenoxy) is 1. The Morgan fingerprint density at radius 2 is 1.81 bits per heavy atom. The Morgan fingerprint density at radius 1 is 1.15 bits per heavy atom. The summed E-state index contributed by atoms with van der Waals surface area (Å²) in [6, 6.07) is 9.73. The fraction of sp³-hybridized carbons (Fsp3) is 0.118. The highest BCUT2D eigenvalue weighted by Gasteiger charge is 2.14. The molecule has 0 atom stereocenters. The van der Waals surface area contributed by atoms with E-state index in [2.05, 4.69) is 10.6 Å². The molecular weight excluding hydrogens is 399 g/mol. The van der Waals surface area contributed by atoms with E-state index in [4.69, 9.17) is 45.3 Å². The average molecular weight is 413 g/mol. The normalized spacial score (nSPS) is 10.1. The molecule has 6 nitrogen and oxygen atoms in total. The number of carbonyl (C=O) groups excluding carboxylic acids is 1. The Hall–Kier alpha value is -2.35. The van der Waals surface area contributed by atoms with Crippen molar-refractivity contribution in [2.45, 2.75) is 6.92 Å². The molecule has 0 bridgehead atoms. The number of rotatable bonds is 5. The lowest BCUT2D eigenvalue weighted by atomic mass is 10.2. The molecule has 0 aromatic heterocycles. The van der Waals surface area contributed by atoms with E-state index in [1.165, 1.54) is 12.1 Å². The summed E-state index contributed by atoms with van der Waals surface area (Å²) in [5, 5.41) is 14.3. The van der Waals surface area contributed by atoms with Gasteiger partial charge in [-0.3, -0.25) is 10.1 Å². The Balaban J connectivity index is 1.93. The zero-order valence-electron chi connectivity index (χ0n) is 13.5. The van der Waals surface area contributed by atoms with Crippen molar-refractivity contribution in [2.75, 3.05) is 11.9 Å². The minimum absolute atomic E-state index is 0.00509. The van der Waals surface area contributed by atoms with E-state index in [0.717, 1.165) is 5.56 Å². The molecule has 2 aromatic rings. The Kier molecular flexibility index (Phi) is 6.79. The van der Waals surface area contributed by atoms with E-state index in [1.807, 2.05) is 19.1 Å². The first-order chi connectivity index (χ1) is 12.3. The molecule has 0 aliphatic heterocycles. The molecule has 136 valence electrons. The number of amides is 1. The predicted octanol–water partition coefficient (Wildman–Crippen LogP) is 3.89. The van der Waals surface area contributed by atoms with Crippen LogP contribution in [0.5, 0.6) is 5.75 Å². The minimum Gasteiger partial charge on any atom is -0.484 e. The van der Waals surface area contributed by atoms with Gasteiger partial charge in [0.15, 0.2) is 11.7 Å². The number of thiocarbonyl (C=S) groups is 1. The van der Waals surface area contributed by atoms with Crippen molar-refractivity contribution in [1.82, 2.24) is 5.32 Å². The van der Waals surface area contributed by atoms with Crippen LogP contribution in [-0.2, 0) is 4.79 Å². The van der Waals surface area contributed by atoms with Crippen LogP contribution in [0, 0.1) is 6.92 Å². The number of carbonyl (C=O) groups is 2. The third kappa shape index (κ3) is 5.59. The van der Waals surface area contributed by atoms with E-state index in [1.54, 1.807) is 12.1 Å². The number of anilines is 1. The fourth-order valence-electron chi connectivity index (χ4n) is 1.91. The largest absolute Gasteiger partial charge is 0.484 e. The van der Waals surface area contributed by atoms with Gasteiger partial charge in [0.2, 0.25) is 0 Å². The smallest absolute Gasteiger partial charge is 0.337 e. The van der Waals surface area contributed by atoms with E-state index in [-0.39, 0.29) is 33.0 Å². The Labute approximate surface area is 165 Å². The van der Waals surface area contributed by atoms with Gasteiger partial charge in [-0.15, -0.1) is 0 Å². The number of benzene rings is 2. The maximum atomic E-state index is 11.9. The van der Waals surface area contributed by atoms with Crippen LogP contribution in [0.2, 0.25) is 10.0 Å². The molecule has 26 heavy (non-hydrogen) atoms. The van der Waals surface area contributed by atoms with Crippen molar-refractivity contribution in [3.05, 3.63) is 57.6 Å². The predicted molar refractivity (Wildman–Crippen MR) is 104 cm³/mol. The second kappa shape index (κ2) is 8.84.